The maximum Gasteiger partial charge on any atom is 0.143 e. The largest absolute Gasteiger partial charge is 0.455 e. The number of rotatable bonds is 7. The van der Waals surface area contributed by atoms with E-state index < -0.39 is 0 Å². The summed E-state index contributed by atoms with van der Waals surface area (Å²) < 4.78 is 13.8. The van der Waals surface area contributed by atoms with E-state index in [1.165, 1.54) is 76.5 Å². The third kappa shape index (κ3) is 6.90. The summed E-state index contributed by atoms with van der Waals surface area (Å²) >= 11 is 0. The number of para-hydroxylation sites is 1. The van der Waals surface area contributed by atoms with Crippen LogP contribution < -0.4 is 0 Å². The molecule has 0 aliphatic rings. The molecule has 78 heavy (non-hydrogen) atoms. The number of furan rings is 2. The molecule has 2 heterocycles. The molecule has 0 amide bonds. The zero-order valence-electron chi connectivity index (χ0n) is 42.4. The molecule has 0 aliphatic heterocycles. The summed E-state index contributed by atoms with van der Waals surface area (Å²) in [4.78, 5) is 0. The first-order valence-corrected chi connectivity index (χ1v) is 26.8. The van der Waals surface area contributed by atoms with E-state index in [0.717, 1.165) is 88.4 Å². The smallest absolute Gasteiger partial charge is 0.143 e. The highest BCUT2D eigenvalue weighted by molar-refractivity contribution is 6.24. The van der Waals surface area contributed by atoms with Crippen molar-refractivity contribution in [3.63, 3.8) is 0 Å². The van der Waals surface area contributed by atoms with Gasteiger partial charge in [-0.2, -0.15) is 0 Å². The average Bonchev–Trinajstić information content (AvgIpc) is 4.23. The van der Waals surface area contributed by atoms with Gasteiger partial charge >= 0.3 is 0 Å². The van der Waals surface area contributed by atoms with E-state index in [-0.39, 0.29) is 0 Å². The van der Waals surface area contributed by atoms with Crippen LogP contribution in [0.3, 0.4) is 0 Å². The molecule has 16 aromatic rings. The predicted molar refractivity (Wildman–Crippen MR) is 329 cm³/mol. The highest BCUT2D eigenvalue weighted by Crippen LogP contribution is 2.49. The van der Waals surface area contributed by atoms with E-state index in [1.54, 1.807) is 0 Å². The number of benzene rings is 14. The molecule has 16 rings (SSSR count). The first kappa shape index (κ1) is 44.1. The van der Waals surface area contributed by atoms with Crippen molar-refractivity contribution in [3.05, 3.63) is 279 Å². The van der Waals surface area contributed by atoms with Gasteiger partial charge < -0.3 is 8.83 Å². The Bertz CT molecular complexity index is 4930. The monoisotopic (exact) mass is 990 g/mol. The Labute approximate surface area is 450 Å². The van der Waals surface area contributed by atoms with Gasteiger partial charge in [-0.1, -0.05) is 237 Å². The average molecular weight is 991 g/mol. The summed E-state index contributed by atoms with van der Waals surface area (Å²) in [6.45, 7) is 0. The minimum absolute atomic E-state index is 0.859. The summed E-state index contributed by atoms with van der Waals surface area (Å²) in [5.74, 6) is 0. The van der Waals surface area contributed by atoms with Gasteiger partial charge in [-0.3, -0.25) is 0 Å². The number of hydrogen-bond acceptors (Lipinski definition) is 2. The second kappa shape index (κ2) is 17.7. The van der Waals surface area contributed by atoms with Gasteiger partial charge in [0.15, 0.2) is 0 Å². The van der Waals surface area contributed by atoms with Gasteiger partial charge in [-0.15, -0.1) is 0 Å². The Morgan fingerprint density at radius 2 is 0.474 bits per heavy atom. The maximum atomic E-state index is 6.93. The second-order valence-corrected chi connectivity index (χ2v) is 20.6. The summed E-state index contributed by atoms with van der Waals surface area (Å²) in [5, 5.41) is 14.2. The van der Waals surface area contributed by atoms with Crippen molar-refractivity contribution >= 4 is 87.0 Å². The lowest BCUT2D eigenvalue weighted by molar-refractivity contribution is 0.669. The van der Waals surface area contributed by atoms with Gasteiger partial charge in [0, 0.05) is 32.7 Å². The van der Waals surface area contributed by atoms with Crippen LogP contribution in [0.15, 0.2) is 288 Å². The van der Waals surface area contributed by atoms with Crippen molar-refractivity contribution in [3.8, 4) is 77.9 Å². The zero-order chi connectivity index (χ0) is 51.3. The summed E-state index contributed by atoms with van der Waals surface area (Å²) in [5.41, 5.74) is 19.7. The molecule has 0 radical (unpaired) electrons. The van der Waals surface area contributed by atoms with E-state index in [1.807, 2.05) is 0 Å². The standard InChI is InChI=1S/C76H46O2/c1-4-20-48(21-5-1)64-43-53(44-68-66-42-52(40-41-70(66)78-76(64)68)73-60-31-14-10-27-56(60)71(50-22-6-2-7-23-50)57-28-11-15-32-61(57)73)47-36-38-49(39-37-47)65-45-54(46-67-55-26-18-19-35-69(55)77-75(65)67)74-62-33-16-12-29-58(62)72(51-24-8-3-9-25-51)59-30-13-17-34-63(59)74/h1-46H. The topological polar surface area (TPSA) is 26.3 Å². The molecule has 0 fully saturated rings. The molecular formula is C76H46O2. The van der Waals surface area contributed by atoms with Crippen molar-refractivity contribution in [2.75, 3.05) is 0 Å². The SMILES string of the molecule is c1ccc(-c2c3ccccc3c(-c3ccc4oc5c(-c6ccccc6)cc(-c6ccc(-c7cc(-c8c9ccccc9c(-c9ccccc9)c9ccccc89)cc8c7oc7ccccc78)cc6)cc5c4c3)c3ccccc23)cc1. The van der Waals surface area contributed by atoms with Crippen molar-refractivity contribution in [2.24, 2.45) is 0 Å². The minimum atomic E-state index is 0.859. The predicted octanol–water partition coefficient (Wildman–Crippen LogP) is 21.8. The fourth-order valence-electron chi connectivity index (χ4n) is 12.8. The van der Waals surface area contributed by atoms with Crippen LogP contribution in [0.25, 0.3) is 165 Å². The van der Waals surface area contributed by atoms with Gasteiger partial charge in [0.2, 0.25) is 0 Å². The van der Waals surface area contributed by atoms with Gasteiger partial charge in [0.05, 0.1) is 0 Å². The lowest BCUT2D eigenvalue weighted by Gasteiger charge is -2.18. The normalized spacial score (nSPS) is 11.8. The molecule has 0 saturated carbocycles. The molecule has 14 aromatic carbocycles. The summed E-state index contributed by atoms with van der Waals surface area (Å²) in [6, 6.07) is 101. The fourth-order valence-corrected chi connectivity index (χ4v) is 12.8. The molecule has 0 bridgehead atoms. The Kier molecular flexibility index (Phi) is 9.98. The zero-order valence-corrected chi connectivity index (χ0v) is 42.4. The highest BCUT2D eigenvalue weighted by Gasteiger charge is 2.23. The highest BCUT2D eigenvalue weighted by atomic mass is 16.3. The van der Waals surface area contributed by atoms with Crippen LogP contribution in [0, 0.1) is 0 Å². The Morgan fingerprint density at radius 1 is 0.167 bits per heavy atom. The summed E-state index contributed by atoms with van der Waals surface area (Å²) in [7, 11) is 0. The molecule has 2 nitrogen and oxygen atoms in total. The third-order valence-corrected chi connectivity index (χ3v) is 16.2. The number of hydrogen-bond donors (Lipinski definition) is 0. The molecule has 0 saturated heterocycles. The molecule has 0 N–H and O–H groups in total. The van der Waals surface area contributed by atoms with E-state index >= 15 is 0 Å². The molecule has 2 aromatic heterocycles. The van der Waals surface area contributed by atoms with Crippen molar-refractivity contribution in [2.45, 2.75) is 0 Å². The second-order valence-electron chi connectivity index (χ2n) is 20.6. The molecule has 0 aliphatic carbocycles. The summed E-state index contributed by atoms with van der Waals surface area (Å²) in [6.07, 6.45) is 0. The van der Waals surface area contributed by atoms with Gasteiger partial charge in [0.25, 0.3) is 0 Å². The van der Waals surface area contributed by atoms with Crippen LogP contribution >= 0.6 is 0 Å². The van der Waals surface area contributed by atoms with Crippen molar-refractivity contribution in [1.82, 2.24) is 0 Å². The Balaban J connectivity index is 0.878. The third-order valence-electron chi connectivity index (χ3n) is 16.2. The Morgan fingerprint density at radius 3 is 0.962 bits per heavy atom. The lowest BCUT2D eigenvalue weighted by atomic mass is 9.85. The van der Waals surface area contributed by atoms with Crippen molar-refractivity contribution in [1.29, 1.82) is 0 Å². The molecule has 362 valence electrons. The van der Waals surface area contributed by atoms with Gasteiger partial charge in [-0.05, 0) is 152 Å². The van der Waals surface area contributed by atoms with Crippen LogP contribution in [-0.2, 0) is 0 Å². The van der Waals surface area contributed by atoms with Crippen LogP contribution in [0.4, 0.5) is 0 Å². The van der Waals surface area contributed by atoms with Gasteiger partial charge in [-0.25, -0.2) is 0 Å². The van der Waals surface area contributed by atoms with E-state index in [4.69, 9.17) is 8.83 Å². The molecule has 0 spiro atoms. The Hall–Kier alpha value is -10.3. The maximum absolute atomic E-state index is 6.93. The first-order valence-electron chi connectivity index (χ1n) is 26.8. The van der Waals surface area contributed by atoms with Crippen LogP contribution in [0.5, 0.6) is 0 Å². The quantitative estimate of drug-likeness (QED) is 0.149. The van der Waals surface area contributed by atoms with E-state index in [2.05, 4.69) is 279 Å². The molecule has 2 heteroatoms. The number of fused-ring (bicyclic) bond motifs is 10. The molecule has 0 unspecified atom stereocenters. The molecular weight excluding hydrogens is 945 g/mol. The minimum Gasteiger partial charge on any atom is -0.455 e. The fraction of sp³-hybridized carbons (Fsp3) is 0. The van der Waals surface area contributed by atoms with Gasteiger partial charge in [0.1, 0.15) is 22.3 Å². The lowest BCUT2D eigenvalue weighted by Crippen LogP contribution is -1.91. The van der Waals surface area contributed by atoms with Crippen LogP contribution in [-0.4, -0.2) is 0 Å². The van der Waals surface area contributed by atoms with Crippen LogP contribution in [0.2, 0.25) is 0 Å². The molecule has 0 atom stereocenters. The first-order chi connectivity index (χ1) is 38.7. The van der Waals surface area contributed by atoms with E-state index in [0.29, 0.717) is 0 Å². The van der Waals surface area contributed by atoms with E-state index in [9.17, 15) is 0 Å². The van der Waals surface area contributed by atoms with Crippen molar-refractivity contribution < 1.29 is 8.83 Å². The van der Waals surface area contributed by atoms with Crippen LogP contribution in [0.1, 0.15) is 0 Å².